The zero-order valence-electron chi connectivity index (χ0n) is 10.5. The third-order valence-corrected chi connectivity index (χ3v) is 4.59. The average molecular weight is 308 g/mol. The Hall–Kier alpha value is -1.84. The van der Waals surface area contributed by atoms with Crippen molar-refractivity contribution in [1.29, 1.82) is 0 Å². The minimum Gasteiger partial charge on any atom is -0.481 e. The van der Waals surface area contributed by atoms with Gasteiger partial charge in [0.25, 0.3) is 0 Å². The van der Waals surface area contributed by atoms with Gasteiger partial charge in [0.05, 0.1) is 11.5 Å². The summed E-state index contributed by atoms with van der Waals surface area (Å²) in [6.07, 6.45) is -0.362. The first kappa shape index (κ1) is 16.2. The van der Waals surface area contributed by atoms with E-state index in [0.29, 0.717) is 0 Å². The minimum absolute atomic E-state index is 0.0146. The van der Waals surface area contributed by atoms with Gasteiger partial charge in [-0.05, 0) is 12.8 Å². The van der Waals surface area contributed by atoms with Gasteiger partial charge in [-0.25, -0.2) is 18.0 Å². The number of rotatable bonds is 6. The van der Waals surface area contributed by atoms with Crippen molar-refractivity contribution < 1.29 is 33.0 Å². The van der Waals surface area contributed by atoms with E-state index in [1.54, 1.807) is 0 Å². The molecule has 2 atom stereocenters. The van der Waals surface area contributed by atoms with Crippen LogP contribution in [0.1, 0.15) is 19.3 Å². The number of nitrogens with one attached hydrogen (secondary N) is 2. The lowest BCUT2D eigenvalue weighted by atomic mass is 10.1. The maximum atomic E-state index is 11.5. The van der Waals surface area contributed by atoms with Crippen molar-refractivity contribution in [2.75, 3.05) is 11.5 Å². The third kappa shape index (κ3) is 5.43. The van der Waals surface area contributed by atoms with E-state index in [1.165, 1.54) is 0 Å². The van der Waals surface area contributed by atoms with E-state index in [9.17, 15) is 22.8 Å². The zero-order chi connectivity index (χ0) is 15.3. The van der Waals surface area contributed by atoms with E-state index in [2.05, 4.69) is 10.6 Å². The molecule has 1 rings (SSSR count). The normalized spacial score (nSPS) is 21.9. The number of hydrogen-bond acceptors (Lipinski definition) is 5. The predicted molar refractivity (Wildman–Crippen MR) is 67.0 cm³/mol. The number of amides is 2. The second-order valence-electron chi connectivity index (χ2n) is 4.54. The fraction of sp³-hybridized carbons (Fsp3) is 0.700. The monoisotopic (exact) mass is 308 g/mol. The van der Waals surface area contributed by atoms with Gasteiger partial charge in [0.1, 0.15) is 6.04 Å². The van der Waals surface area contributed by atoms with Crippen molar-refractivity contribution in [3.63, 3.8) is 0 Å². The van der Waals surface area contributed by atoms with Crippen molar-refractivity contribution in [3.05, 3.63) is 0 Å². The molecule has 1 aliphatic rings. The molecule has 0 spiro atoms. The molecule has 1 fully saturated rings. The summed E-state index contributed by atoms with van der Waals surface area (Å²) in [4.78, 5) is 32.8. The molecule has 0 radical (unpaired) electrons. The summed E-state index contributed by atoms with van der Waals surface area (Å²) in [5.74, 6) is -2.70. The Morgan fingerprint density at radius 3 is 2.35 bits per heavy atom. The number of aliphatic carboxylic acids is 2. The first-order chi connectivity index (χ1) is 9.19. The SMILES string of the molecule is O=C(O)CCC(NC(=O)NC1CCS(=O)(=O)C1)C(=O)O. The molecule has 20 heavy (non-hydrogen) atoms. The van der Waals surface area contributed by atoms with Gasteiger partial charge in [-0.15, -0.1) is 0 Å². The number of sulfone groups is 1. The number of urea groups is 1. The van der Waals surface area contributed by atoms with Crippen LogP contribution in [-0.2, 0) is 19.4 Å². The molecule has 0 aromatic carbocycles. The van der Waals surface area contributed by atoms with Gasteiger partial charge in [-0.3, -0.25) is 4.79 Å². The highest BCUT2D eigenvalue weighted by atomic mass is 32.2. The Balaban J connectivity index is 2.46. The first-order valence-electron chi connectivity index (χ1n) is 5.91. The van der Waals surface area contributed by atoms with Gasteiger partial charge in [-0.1, -0.05) is 0 Å². The van der Waals surface area contributed by atoms with E-state index in [-0.39, 0.29) is 24.3 Å². The van der Waals surface area contributed by atoms with Gasteiger partial charge in [0.15, 0.2) is 9.84 Å². The summed E-state index contributed by atoms with van der Waals surface area (Å²) >= 11 is 0. The van der Waals surface area contributed by atoms with Crippen LogP contribution in [0.2, 0.25) is 0 Å². The summed E-state index contributed by atoms with van der Waals surface area (Å²) in [5, 5.41) is 21.8. The Bertz CT molecular complexity index is 502. The van der Waals surface area contributed by atoms with Crippen molar-refractivity contribution in [3.8, 4) is 0 Å². The zero-order valence-corrected chi connectivity index (χ0v) is 11.4. The molecule has 114 valence electrons. The molecule has 0 aromatic rings. The summed E-state index contributed by atoms with van der Waals surface area (Å²) < 4.78 is 22.4. The molecule has 2 unspecified atom stereocenters. The number of hydrogen-bond donors (Lipinski definition) is 4. The van der Waals surface area contributed by atoms with Crippen LogP contribution in [0.5, 0.6) is 0 Å². The molecule has 9 nitrogen and oxygen atoms in total. The van der Waals surface area contributed by atoms with Crippen LogP contribution >= 0.6 is 0 Å². The van der Waals surface area contributed by atoms with E-state index >= 15 is 0 Å². The molecule has 4 N–H and O–H groups in total. The molecule has 0 aliphatic carbocycles. The maximum Gasteiger partial charge on any atom is 0.326 e. The number of carbonyl (C=O) groups is 3. The van der Waals surface area contributed by atoms with Crippen LogP contribution in [0.15, 0.2) is 0 Å². The lowest BCUT2D eigenvalue weighted by Gasteiger charge is -2.16. The van der Waals surface area contributed by atoms with Crippen molar-refractivity contribution >= 4 is 27.8 Å². The van der Waals surface area contributed by atoms with Crippen molar-refractivity contribution in [2.45, 2.75) is 31.3 Å². The van der Waals surface area contributed by atoms with E-state index in [1.807, 2.05) is 0 Å². The molecule has 10 heteroatoms. The fourth-order valence-electron chi connectivity index (χ4n) is 1.82. The van der Waals surface area contributed by atoms with Gasteiger partial charge < -0.3 is 20.8 Å². The van der Waals surface area contributed by atoms with E-state index in [0.717, 1.165) is 0 Å². The quantitative estimate of drug-likeness (QED) is 0.481. The summed E-state index contributed by atoms with van der Waals surface area (Å²) in [6.45, 7) is 0. The second-order valence-corrected chi connectivity index (χ2v) is 6.77. The first-order valence-corrected chi connectivity index (χ1v) is 7.74. The number of carboxylic acid groups (broad SMARTS) is 2. The lowest BCUT2D eigenvalue weighted by Crippen LogP contribution is -2.49. The van der Waals surface area contributed by atoms with Gasteiger partial charge >= 0.3 is 18.0 Å². The minimum atomic E-state index is -3.14. The molecule has 1 heterocycles. The highest BCUT2D eigenvalue weighted by Crippen LogP contribution is 2.11. The third-order valence-electron chi connectivity index (χ3n) is 2.82. The standard InChI is InChI=1S/C10H16N2O7S/c13-8(14)2-1-7(9(15)16)12-10(17)11-6-3-4-20(18,19)5-6/h6-7H,1-5H2,(H,13,14)(H,15,16)(H2,11,12,17). The van der Waals surface area contributed by atoms with E-state index < -0.39 is 46.3 Å². The summed E-state index contributed by atoms with van der Waals surface area (Å²) in [7, 11) is -3.14. The van der Waals surface area contributed by atoms with Crippen LogP contribution in [-0.4, -0.2) is 60.2 Å². The van der Waals surface area contributed by atoms with E-state index in [4.69, 9.17) is 10.2 Å². The fourth-order valence-corrected chi connectivity index (χ4v) is 3.49. The smallest absolute Gasteiger partial charge is 0.326 e. The van der Waals surface area contributed by atoms with Crippen LogP contribution in [0, 0.1) is 0 Å². The molecule has 0 saturated carbocycles. The Kier molecular flexibility index (Phi) is 5.31. The summed E-state index contributed by atoms with van der Waals surface area (Å²) in [6, 6.07) is -2.69. The molecule has 0 aromatic heterocycles. The van der Waals surface area contributed by atoms with Crippen LogP contribution in [0.4, 0.5) is 4.79 Å². The van der Waals surface area contributed by atoms with Crippen LogP contribution < -0.4 is 10.6 Å². The highest BCUT2D eigenvalue weighted by molar-refractivity contribution is 7.91. The number of carbonyl (C=O) groups excluding carboxylic acids is 1. The lowest BCUT2D eigenvalue weighted by molar-refractivity contribution is -0.140. The molecular formula is C10H16N2O7S. The molecular weight excluding hydrogens is 292 g/mol. The second kappa shape index (κ2) is 6.55. The van der Waals surface area contributed by atoms with Gasteiger partial charge in [0.2, 0.25) is 0 Å². The molecule has 2 amide bonds. The topological polar surface area (TPSA) is 150 Å². The molecule has 0 bridgehead atoms. The van der Waals surface area contributed by atoms with Gasteiger partial charge in [0, 0.05) is 12.5 Å². The largest absolute Gasteiger partial charge is 0.481 e. The molecule has 1 aliphatic heterocycles. The van der Waals surface area contributed by atoms with Crippen molar-refractivity contribution in [2.24, 2.45) is 0 Å². The maximum absolute atomic E-state index is 11.5. The van der Waals surface area contributed by atoms with Crippen molar-refractivity contribution in [1.82, 2.24) is 10.6 Å². The predicted octanol–water partition coefficient (Wildman–Crippen LogP) is -1.21. The van der Waals surface area contributed by atoms with Crippen LogP contribution in [0.3, 0.4) is 0 Å². The highest BCUT2D eigenvalue weighted by Gasteiger charge is 2.30. The van der Waals surface area contributed by atoms with Gasteiger partial charge in [-0.2, -0.15) is 0 Å². The Morgan fingerprint density at radius 1 is 1.25 bits per heavy atom. The molecule has 1 saturated heterocycles. The number of carboxylic acids is 2. The summed E-state index contributed by atoms with van der Waals surface area (Å²) in [5.41, 5.74) is 0. The Labute approximate surface area is 115 Å². The van der Waals surface area contributed by atoms with Crippen LogP contribution in [0.25, 0.3) is 0 Å². The Morgan fingerprint density at radius 2 is 1.90 bits per heavy atom. The average Bonchev–Trinajstić information content (AvgIpc) is 2.63.